The first-order chi connectivity index (χ1) is 13.9. The Morgan fingerprint density at radius 3 is 2.62 bits per heavy atom. The van der Waals surface area contributed by atoms with Crippen LogP contribution in [0.2, 0.25) is 0 Å². The lowest BCUT2D eigenvalue weighted by molar-refractivity contribution is 0.0996. The molecule has 1 aliphatic heterocycles. The summed E-state index contributed by atoms with van der Waals surface area (Å²) in [6.45, 7) is 3.98. The summed E-state index contributed by atoms with van der Waals surface area (Å²) in [6.07, 6.45) is 5.22. The molecule has 1 amide bonds. The molecule has 0 spiro atoms. The van der Waals surface area contributed by atoms with Crippen LogP contribution in [-0.2, 0) is 0 Å². The second kappa shape index (κ2) is 7.27. The van der Waals surface area contributed by atoms with Crippen LogP contribution >= 0.6 is 0 Å². The quantitative estimate of drug-likeness (QED) is 0.659. The second-order valence-corrected chi connectivity index (χ2v) is 7.44. The highest BCUT2D eigenvalue weighted by atomic mass is 19.1. The largest absolute Gasteiger partial charge is 0.370 e. The van der Waals surface area contributed by atoms with Crippen molar-refractivity contribution in [2.45, 2.75) is 19.8 Å². The minimum atomic E-state index is -1.26. The minimum Gasteiger partial charge on any atom is -0.370 e. The predicted octanol–water partition coefficient (Wildman–Crippen LogP) is 3.41. The molecule has 8 heteroatoms. The number of rotatable bonds is 4. The molecule has 1 aliphatic rings. The van der Waals surface area contributed by atoms with Gasteiger partial charge in [-0.05, 0) is 37.0 Å². The molecule has 0 atom stereocenters. The van der Waals surface area contributed by atoms with Crippen LogP contribution in [0.4, 0.5) is 14.5 Å². The SMILES string of the molecule is CC1CCN(c2cnc3[nH]cc(C(=O)c4c(F)ccc(C(N)=O)c4F)c3c2)CC1. The van der Waals surface area contributed by atoms with Crippen molar-refractivity contribution in [1.29, 1.82) is 0 Å². The van der Waals surface area contributed by atoms with Gasteiger partial charge in [-0.15, -0.1) is 0 Å². The van der Waals surface area contributed by atoms with E-state index in [2.05, 4.69) is 21.8 Å². The van der Waals surface area contributed by atoms with Gasteiger partial charge in [0.1, 0.15) is 17.3 Å². The Morgan fingerprint density at radius 1 is 1.21 bits per heavy atom. The zero-order chi connectivity index (χ0) is 20.7. The van der Waals surface area contributed by atoms with E-state index in [-0.39, 0.29) is 5.56 Å². The molecule has 0 bridgehead atoms. The Kier molecular flexibility index (Phi) is 4.77. The van der Waals surface area contributed by atoms with E-state index in [1.807, 2.05) is 0 Å². The number of piperidine rings is 1. The number of amides is 1. The van der Waals surface area contributed by atoms with E-state index in [0.717, 1.165) is 43.8 Å². The molecule has 1 fully saturated rings. The lowest BCUT2D eigenvalue weighted by atomic mass is 9.98. The highest BCUT2D eigenvalue weighted by Crippen LogP contribution is 2.29. The number of benzene rings is 1. The summed E-state index contributed by atoms with van der Waals surface area (Å²) in [5.41, 5.74) is 5.16. The Labute approximate surface area is 165 Å². The molecule has 0 unspecified atom stereocenters. The number of H-pyrrole nitrogens is 1. The normalized spacial score (nSPS) is 15.1. The van der Waals surface area contributed by atoms with E-state index < -0.39 is 34.5 Å². The van der Waals surface area contributed by atoms with Crippen LogP contribution in [0.1, 0.15) is 46.0 Å². The monoisotopic (exact) mass is 398 g/mol. The first-order valence-electron chi connectivity index (χ1n) is 9.41. The maximum Gasteiger partial charge on any atom is 0.251 e. The number of carbonyl (C=O) groups is 2. The number of hydrogen-bond acceptors (Lipinski definition) is 4. The van der Waals surface area contributed by atoms with Crippen LogP contribution in [0.3, 0.4) is 0 Å². The van der Waals surface area contributed by atoms with Crippen LogP contribution in [0, 0.1) is 17.6 Å². The van der Waals surface area contributed by atoms with E-state index in [9.17, 15) is 18.4 Å². The molecule has 1 aromatic carbocycles. The molecule has 1 saturated heterocycles. The first kappa shape index (κ1) is 19.0. The van der Waals surface area contributed by atoms with E-state index in [0.29, 0.717) is 17.0 Å². The van der Waals surface area contributed by atoms with Crippen molar-refractivity contribution in [3.8, 4) is 0 Å². The number of primary amides is 1. The van der Waals surface area contributed by atoms with E-state index in [1.54, 1.807) is 12.3 Å². The number of nitrogens with two attached hydrogens (primary N) is 1. The lowest BCUT2D eigenvalue weighted by Gasteiger charge is -2.31. The summed E-state index contributed by atoms with van der Waals surface area (Å²) in [5.74, 6) is -3.60. The molecular weight excluding hydrogens is 378 g/mol. The molecule has 3 aromatic rings. The third-order valence-corrected chi connectivity index (χ3v) is 5.49. The van der Waals surface area contributed by atoms with Gasteiger partial charge >= 0.3 is 0 Å². The zero-order valence-electron chi connectivity index (χ0n) is 15.8. The number of carbonyl (C=O) groups excluding carboxylic acids is 2. The molecule has 6 nitrogen and oxygen atoms in total. The number of pyridine rings is 1. The van der Waals surface area contributed by atoms with Crippen LogP contribution in [0.5, 0.6) is 0 Å². The summed E-state index contributed by atoms with van der Waals surface area (Å²) in [4.78, 5) is 33.8. The van der Waals surface area contributed by atoms with Gasteiger partial charge in [0.15, 0.2) is 0 Å². The molecule has 150 valence electrons. The lowest BCUT2D eigenvalue weighted by Crippen LogP contribution is -2.32. The number of nitrogens with one attached hydrogen (secondary N) is 1. The number of aromatic amines is 1. The molecule has 0 aliphatic carbocycles. The maximum absolute atomic E-state index is 14.6. The van der Waals surface area contributed by atoms with Crippen LogP contribution in [0.15, 0.2) is 30.6 Å². The van der Waals surface area contributed by atoms with Gasteiger partial charge in [0, 0.05) is 30.2 Å². The van der Waals surface area contributed by atoms with Gasteiger partial charge in [0.25, 0.3) is 5.91 Å². The number of nitrogens with zero attached hydrogens (tertiary/aromatic N) is 2. The molecule has 3 N–H and O–H groups in total. The molecular formula is C21H20F2N4O2. The van der Waals surface area contributed by atoms with Gasteiger partial charge in [-0.25, -0.2) is 13.8 Å². The second-order valence-electron chi connectivity index (χ2n) is 7.44. The summed E-state index contributed by atoms with van der Waals surface area (Å²) in [6, 6.07) is 3.59. The average Bonchev–Trinajstić information content (AvgIpc) is 3.11. The minimum absolute atomic E-state index is 0.0825. The molecule has 2 aromatic heterocycles. The third-order valence-electron chi connectivity index (χ3n) is 5.49. The van der Waals surface area contributed by atoms with Crippen LogP contribution < -0.4 is 10.6 Å². The molecule has 0 saturated carbocycles. The molecule has 29 heavy (non-hydrogen) atoms. The number of halogens is 2. The van der Waals surface area contributed by atoms with Gasteiger partial charge < -0.3 is 15.6 Å². The van der Waals surface area contributed by atoms with Gasteiger partial charge in [-0.3, -0.25) is 9.59 Å². The smallest absolute Gasteiger partial charge is 0.251 e. The Morgan fingerprint density at radius 2 is 1.93 bits per heavy atom. The number of aromatic nitrogens is 2. The van der Waals surface area contributed by atoms with Crippen molar-refractivity contribution in [2.24, 2.45) is 11.7 Å². The van der Waals surface area contributed by atoms with E-state index in [1.165, 1.54) is 6.20 Å². The molecule has 3 heterocycles. The van der Waals surface area contributed by atoms with Crippen molar-refractivity contribution in [3.05, 3.63) is 58.9 Å². The van der Waals surface area contributed by atoms with Crippen molar-refractivity contribution in [1.82, 2.24) is 9.97 Å². The number of anilines is 1. The highest BCUT2D eigenvalue weighted by molar-refractivity contribution is 6.17. The van der Waals surface area contributed by atoms with E-state index in [4.69, 9.17) is 5.73 Å². The van der Waals surface area contributed by atoms with Gasteiger partial charge in [0.05, 0.1) is 23.0 Å². The van der Waals surface area contributed by atoms with Gasteiger partial charge in [-0.1, -0.05) is 6.92 Å². The highest BCUT2D eigenvalue weighted by Gasteiger charge is 2.26. The van der Waals surface area contributed by atoms with Crippen LogP contribution in [-0.4, -0.2) is 34.7 Å². The topological polar surface area (TPSA) is 92.1 Å². The van der Waals surface area contributed by atoms with Crippen molar-refractivity contribution >= 4 is 28.4 Å². The standard InChI is InChI=1S/C21H20F2N4O2/c1-11-4-6-27(7-5-11)12-8-14-15(10-26-21(14)25-9-12)19(28)17-16(22)3-2-13(18(17)23)20(24)29/h2-3,8-11H,4-7H2,1H3,(H2,24,29)(H,25,26). The summed E-state index contributed by atoms with van der Waals surface area (Å²) in [5, 5.41) is 0.467. The fourth-order valence-corrected chi connectivity index (χ4v) is 3.71. The van der Waals surface area contributed by atoms with Crippen molar-refractivity contribution in [2.75, 3.05) is 18.0 Å². The Hall–Kier alpha value is -3.29. The zero-order valence-corrected chi connectivity index (χ0v) is 15.8. The fourth-order valence-electron chi connectivity index (χ4n) is 3.71. The maximum atomic E-state index is 14.6. The number of fused-ring (bicyclic) bond motifs is 1. The van der Waals surface area contributed by atoms with Crippen molar-refractivity contribution in [3.63, 3.8) is 0 Å². The Bertz CT molecular complexity index is 1120. The van der Waals surface area contributed by atoms with Gasteiger partial charge in [-0.2, -0.15) is 0 Å². The van der Waals surface area contributed by atoms with Crippen LogP contribution in [0.25, 0.3) is 11.0 Å². The third kappa shape index (κ3) is 3.35. The van der Waals surface area contributed by atoms with E-state index >= 15 is 0 Å². The fraction of sp³-hybridized carbons (Fsp3) is 0.286. The number of hydrogen-bond donors (Lipinski definition) is 2. The van der Waals surface area contributed by atoms with Crippen molar-refractivity contribution < 1.29 is 18.4 Å². The Balaban J connectivity index is 1.77. The molecule has 0 radical (unpaired) electrons. The van der Waals surface area contributed by atoms with Gasteiger partial charge in [0.2, 0.25) is 5.78 Å². The first-order valence-corrected chi connectivity index (χ1v) is 9.41. The average molecular weight is 398 g/mol. The number of ketones is 1. The summed E-state index contributed by atoms with van der Waals surface area (Å²) in [7, 11) is 0. The molecule has 4 rings (SSSR count). The summed E-state index contributed by atoms with van der Waals surface area (Å²) < 4.78 is 28.9. The predicted molar refractivity (Wildman–Crippen MR) is 105 cm³/mol. The summed E-state index contributed by atoms with van der Waals surface area (Å²) >= 11 is 0.